The third kappa shape index (κ3) is 4.86. The van der Waals surface area contributed by atoms with Crippen LogP contribution < -0.4 is 10.6 Å². The normalized spacial score (nSPS) is 18.7. The van der Waals surface area contributed by atoms with Crippen LogP contribution in [0, 0.1) is 0 Å². The van der Waals surface area contributed by atoms with Crippen molar-refractivity contribution >= 4 is 23.6 Å². The third-order valence-electron chi connectivity index (χ3n) is 3.02. The molecule has 1 atom stereocenters. The second-order valence-corrected chi connectivity index (χ2v) is 5.26. The van der Waals surface area contributed by atoms with Crippen molar-refractivity contribution in [2.75, 3.05) is 31.3 Å². The standard InChI is InChI=1S/C12H23N3O2S/c1-3-15(4-2)11(16)6-5-7-13-12(17)10-8-18-9-14-10/h10,14H,3-9H2,1-2H3,(H,13,17). The van der Waals surface area contributed by atoms with Gasteiger partial charge in [-0.15, -0.1) is 11.8 Å². The van der Waals surface area contributed by atoms with Crippen molar-refractivity contribution in [1.29, 1.82) is 0 Å². The Bertz CT molecular complexity index is 260. The van der Waals surface area contributed by atoms with E-state index in [-0.39, 0.29) is 17.9 Å². The van der Waals surface area contributed by atoms with E-state index in [1.165, 1.54) is 0 Å². The summed E-state index contributed by atoms with van der Waals surface area (Å²) in [7, 11) is 0. The monoisotopic (exact) mass is 273 g/mol. The van der Waals surface area contributed by atoms with Crippen LogP contribution in [-0.4, -0.2) is 54.0 Å². The summed E-state index contributed by atoms with van der Waals surface area (Å²) >= 11 is 1.73. The van der Waals surface area contributed by atoms with Crippen molar-refractivity contribution in [1.82, 2.24) is 15.5 Å². The number of hydrogen-bond acceptors (Lipinski definition) is 4. The van der Waals surface area contributed by atoms with Crippen LogP contribution in [0.5, 0.6) is 0 Å². The second kappa shape index (κ2) is 8.37. The molecule has 0 aromatic carbocycles. The first-order valence-electron chi connectivity index (χ1n) is 6.55. The van der Waals surface area contributed by atoms with E-state index in [2.05, 4.69) is 10.6 Å². The molecule has 0 bridgehead atoms. The first-order valence-corrected chi connectivity index (χ1v) is 7.71. The van der Waals surface area contributed by atoms with Gasteiger partial charge in [-0.2, -0.15) is 0 Å². The zero-order valence-corrected chi connectivity index (χ0v) is 12.0. The van der Waals surface area contributed by atoms with Crippen LogP contribution in [0.4, 0.5) is 0 Å². The summed E-state index contributed by atoms with van der Waals surface area (Å²) in [6.45, 7) is 6.05. The molecule has 2 amide bonds. The number of nitrogens with zero attached hydrogens (tertiary/aromatic N) is 1. The van der Waals surface area contributed by atoms with Gasteiger partial charge >= 0.3 is 0 Å². The minimum absolute atomic E-state index is 0.0512. The van der Waals surface area contributed by atoms with E-state index in [0.717, 1.165) is 24.7 Å². The molecular formula is C12H23N3O2S. The van der Waals surface area contributed by atoms with Crippen molar-refractivity contribution < 1.29 is 9.59 Å². The average molecular weight is 273 g/mol. The molecule has 6 heteroatoms. The fourth-order valence-electron chi connectivity index (χ4n) is 1.87. The smallest absolute Gasteiger partial charge is 0.238 e. The van der Waals surface area contributed by atoms with Gasteiger partial charge in [0.2, 0.25) is 11.8 Å². The van der Waals surface area contributed by atoms with Crippen LogP contribution >= 0.6 is 11.8 Å². The van der Waals surface area contributed by atoms with Gasteiger partial charge in [-0.25, -0.2) is 0 Å². The van der Waals surface area contributed by atoms with Gasteiger partial charge in [0.15, 0.2) is 0 Å². The minimum Gasteiger partial charge on any atom is -0.355 e. The Labute approximate surface area is 113 Å². The summed E-state index contributed by atoms with van der Waals surface area (Å²) in [5.74, 6) is 1.90. The summed E-state index contributed by atoms with van der Waals surface area (Å²) in [5, 5.41) is 5.99. The first kappa shape index (κ1) is 15.3. The lowest BCUT2D eigenvalue weighted by atomic mass is 10.2. The minimum atomic E-state index is -0.0616. The lowest BCUT2D eigenvalue weighted by Crippen LogP contribution is -2.42. The molecule has 104 valence electrons. The highest BCUT2D eigenvalue weighted by molar-refractivity contribution is 7.99. The van der Waals surface area contributed by atoms with Crippen molar-refractivity contribution in [2.45, 2.75) is 32.7 Å². The van der Waals surface area contributed by atoms with Crippen molar-refractivity contribution in [3.63, 3.8) is 0 Å². The number of amides is 2. The Hall–Kier alpha value is -0.750. The molecule has 1 saturated heterocycles. The summed E-state index contributed by atoms with van der Waals surface area (Å²) in [6, 6.07) is -0.0616. The fourth-order valence-corrected chi connectivity index (χ4v) is 2.81. The number of carbonyl (C=O) groups is 2. The predicted molar refractivity (Wildman–Crippen MR) is 74.4 cm³/mol. The Kier molecular flexibility index (Phi) is 7.12. The van der Waals surface area contributed by atoms with Crippen LogP contribution in [0.15, 0.2) is 0 Å². The molecule has 0 radical (unpaired) electrons. The summed E-state index contributed by atoms with van der Waals surface area (Å²) in [6.07, 6.45) is 1.22. The SMILES string of the molecule is CCN(CC)C(=O)CCCNC(=O)C1CSCN1. The van der Waals surface area contributed by atoms with E-state index in [1.54, 1.807) is 11.8 Å². The molecule has 1 aliphatic heterocycles. The molecule has 0 aliphatic carbocycles. The Balaban J connectivity index is 2.10. The number of carbonyl (C=O) groups excluding carboxylic acids is 2. The zero-order chi connectivity index (χ0) is 13.4. The van der Waals surface area contributed by atoms with E-state index in [9.17, 15) is 9.59 Å². The topological polar surface area (TPSA) is 61.4 Å². The van der Waals surface area contributed by atoms with Crippen LogP contribution in [0.3, 0.4) is 0 Å². The van der Waals surface area contributed by atoms with Gasteiger partial charge in [-0.05, 0) is 20.3 Å². The fraction of sp³-hybridized carbons (Fsp3) is 0.833. The maximum Gasteiger partial charge on any atom is 0.238 e. The molecule has 18 heavy (non-hydrogen) atoms. The first-order chi connectivity index (χ1) is 8.69. The van der Waals surface area contributed by atoms with E-state index in [4.69, 9.17) is 0 Å². The lowest BCUT2D eigenvalue weighted by molar-refractivity contribution is -0.131. The molecule has 0 spiro atoms. The predicted octanol–water partition coefficient (Wildman–Crippen LogP) is 0.414. The lowest BCUT2D eigenvalue weighted by Gasteiger charge is -2.18. The molecule has 5 nitrogen and oxygen atoms in total. The van der Waals surface area contributed by atoms with E-state index < -0.39 is 0 Å². The van der Waals surface area contributed by atoms with Crippen LogP contribution in [0.1, 0.15) is 26.7 Å². The number of nitrogens with one attached hydrogen (secondary N) is 2. The second-order valence-electron chi connectivity index (χ2n) is 4.23. The summed E-state index contributed by atoms with van der Waals surface area (Å²) in [5.41, 5.74) is 0. The van der Waals surface area contributed by atoms with Crippen molar-refractivity contribution in [3.05, 3.63) is 0 Å². The molecular weight excluding hydrogens is 250 g/mol. The largest absolute Gasteiger partial charge is 0.355 e. The van der Waals surface area contributed by atoms with Gasteiger partial charge < -0.3 is 10.2 Å². The maximum absolute atomic E-state index is 11.7. The molecule has 1 unspecified atom stereocenters. The van der Waals surface area contributed by atoms with Gasteiger partial charge in [0.1, 0.15) is 0 Å². The molecule has 1 rings (SSSR count). The van der Waals surface area contributed by atoms with Gasteiger partial charge in [0.25, 0.3) is 0 Å². The van der Waals surface area contributed by atoms with E-state index in [0.29, 0.717) is 19.4 Å². The summed E-state index contributed by atoms with van der Waals surface area (Å²) < 4.78 is 0. The third-order valence-corrected chi connectivity index (χ3v) is 3.96. The van der Waals surface area contributed by atoms with Crippen molar-refractivity contribution in [3.8, 4) is 0 Å². The molecule has 1 fully saturated rings. The average Bonchev–Trinajstić information content (AvgIpc) is 2.89. The van der Waals surface area contributed by atoms with Gasteiger partial charge in [0.05, 0.1) is 6.04 Å². The molecule has 1 aliphatic rings. The van der Waals surface area contributed by atoms with Crippen molar-refractivity contribution in [2.24, 2.45) is 0 Å². The number of rotatable bonds is 7. The van der Waals surface area contributed by atoms with E-state index >= 15 is 0 Å². The molecule has 0 saturated carbocycles. The molecule has 0 aromatic rings. The quantitative estimate of drug-likeness (QED) is 0.660. The number of thioether (sulfide) groups is 1. The Morgan fingerprint density at radius 1 is 1.39 bits per heavy atom. The van der Waals surface area contributed by atoms with Gasteiger partial charge in [-0.1, -0.05) is 0 Å². The molecule has 2 N–H and O–H groups in total. The van der Waals surface area contributed by atoms with Gasteiger partial charge in [-0.3, -0.25) is 14.9 Å². The van der Waals surface area contributed by atoms with Crippen LogP contribution in [0.2, 0.25) is 0 Å². The highest BCUT2D eigenvalue weighted by Crippen LogP contribution is 2.09. The zero-order valence-electron chi connectivity index (χ0n) is 11.2. The Morgan fingerprint density at radius 2 is 2.11 bits per heavy atom. The van der Waals surface area contributed by atoms with Gasteiger partial charge in [0, 0.05) is 37.7 Å². The summed E-state index contributed by atoms with van der Waals surface area (Å²) in [4.78, 5) is 25.2. The van der Waals surface area contributed by atoms with Crippen LogP contribution in [0.25, 0.3) is 0 Å². The molecule has 1 heterocycles. The number of hydrogen-bond donors (Lipinski definition) is 2. The highest BCUT2D eigenvalue weighted by atomic mass is 32.2. The maximum atomic E-state index is 11.7. The highest BCUT2D eigenvalue weighted by Gasteiger charge is 2.21. The van der Waals surface area contributed by atoms with E-state index in [1.807, 2.05) is 18.7 Å². The van der Waals surface area contributed by atoms with Crippen LogP contribution in [-0.2, 0) is 9.59 Å². The Morgan fingerprint density at radius 3 is 2.67 bits per heavy atom. The molecule has 0 aromatic heterocycles.